The van der Waals surface area contributed by atoms with E-state index in [-0.39, 0.29) is 9.72 Å². The van der Waals surface area contributed by atoms with Crippen LogP contribution in [0.2, 0.25) is 5.02 Å². The van der Waals surface area contributed by atoms with Crippen LogP contribution in [0.15, 0.2) is 27.6 Å². The first-order valence-corrected chi connectivity index (χ1v) is 8.52. The van der Waals surface area contributed by atoms with Gasteiger partial charge in [0.25, 0.3) is 0 Å². The zero-order valence-corrected chi connectivity index (χ0v) is 13.8. The van der Waals surface area contributed by atoms with Gasteiger partial charge in [-0.05, 0) is 40.5 Å². The molecular weight excluding hydrogens is 393 g/mol. The third-order valence-corrected chi connectivity index (χ3v) is 5.75. The van der Waals surface area contributed by atoms with Gasteiger partial charge in [0.15, 0.2) is 0 Å². The molecule has 1 rings (SSSR count). The average molecular weight is 406 g/mol. The van der Waals surface area contributed by atoms with Gasteiger partial charge < -0.3 is 0 Å². The van der Waals surface area contributed by atoms with Gasteiger partial charge in [0.2, 0.25) is 10.0 Å². The van der Waals surface area contributed by atoms with E-state index in [4.69, 9.17) is 11.6 Å². The summed E-state index contributed by atoms with van der Waals surface area (Å²) in [5.74, 6) is 0. The summed E-state index contributed by atoms with van der Waals surface area (Å²) in [6.45, 7) is 2.34. The number of nitrogens with one attached hydrogen (secondary N) is 1. The SMILES string of the molecule is CCC(Br)CNS(=O)(=O)c1ccc(Cl)c(Br)c1. The van der Waals surface area contributed by atoms with E-state index in [0.29, 0.717) is 16.0 Å². The van der Waals surface area contributed by atoms with E-state index in [9.17, 15) is 8.42 Å². The molecule has 17 heavy (non-hydrogen) atoms. The predicted molar refractivity (Wildman–Crippen MR) is 77.3 cm³/mol. The maximum absolute atomic E-state index is 11.9. The van der Waals surface area contributed by atoms with Crippen LogP contribution < -0.4 is 4.72 Å². The van der Waals surface area contributed by atoms with Crippen LogP contribution in [-0.4, -0.2) is 19.8 Å². The Kier molecular flexibility index (Phi) is 5.92. The van der Waals surface area contributed by atoms with E-state index in [2.05, 4.69) is 36.6 Å². The summed E-state index contributed by atoms with van der Waals surface area (Å²) in [4.78, 5) is 0.331. The summed E-state index contributed by atoms with van der Waals surface area (Å²) in [7, 11) is -3.47. The van der Waals surface area contributed by atoms with Gasteiger partial charge in [-0.2, -0.15) is 0 Å². The molecule has 0 heterocycles. The Morgan fingerprint density at radius 2 is 2.12 bits per heavy atom. The van der Waals surface area contributed by atoms with Crippen LogP contribution in [0.3, 0.4) is 0 Å². The third-order valence-electron chi connectivity index (χ3n) is 2.14. The molecule has 1 unspecified atom stereocenters. The van der Waals surface area contributed by atoms with Crippen molar-refractivity contribution in [3.63, 3.8) is 0 Å². The molecule has 7 heteroatoms. The summed E-state index contributed by atoms with van der Waals surface area (Å²) >= 11 is 12.4. The van der Waals surface area contributed by atoms with Crippen molar-refractivity contribution < 1.29 is 8.42 Å². The summed E-state index contributed by atoms with van der Waals surface area (Å²) in [5.41, 5.74) is 0. The number of hydrogen-bond donors (Lipinski definition) is 1. The first kappa shape index (κ1) is 15.4. The molecule has 3 nitrogen and oxygen atoms in total. The van der Waals surface area contributed by atoms with E-state index in [1.165, 1.54) is 12.1 Å². The zero-order valence-electron chi connectivity index (χ0n) is 9.08. The first-order chi connectivity index (χ1) is 7.86. The lowest BCUT2D eigenvalue weighted by atomic mass is 10.3. The fourth-order valence-electron chi connectivity index (χ4n) is 1.07. The van der Waals surface area contributed by atoms with E-state index in [0.717, 1.165) is 6.42 Å². The molecule has 96 valence electrons. The molecule has 0 bridgehead atoms. The maximum atomic E-state index is 11.9. The Hall–Kier alpha value is 0.380. The van der Waals surface area contributed by atoms with Crippen molar-refractivity contribution in [3.8, 4) is 0 Å². The standard InChI is InChI=1S/C10H12Br2ClNO2S/c1-2-7(11)6-14-17(15,16)8-3-4-10(13)9(12)5-8/h3-5,7,14H,2,6H2,1H3. The fourth-order valence-corrected chi connectivity index (χ4v) is 3.20. The van der Waals surface area contributed by atoms with Crippen molar-refractivity contribution in [3.05, 3.63) is 27.7 Å². The van der Waals surface area contributed by atoms with Crippen LogP contribution in [-0.2, 0) is 10.0 Å². The van der Waals surface area contributed by atoms with Crippen LogP contribution in [0.1, 0.15) is 13.3 Å². The highest BCUT2D eigenvalue weighted by molar-refractivity contribution is 9.10. The van der Waals surface area contributed by atoms with E-state index < -0.39 is 10.0 Å². The molecule has 0 fully saturated rings. The van der Waals surface area contributed by atoms with Gasteiger partial charge in [0, 0.05) is 15.8 Å². The molecule has 1 aromatic carbocycles. The highest BCUT2D eigenvalue weighted by Crippen LogP contribution is 2.25. The Morgan fingerprint density at radius 3 is 2.65 bits per heavy atom. The highest BCUT2D eigenvalue weighted by atomic mass is 79.9. The van der Waals surface area contributed by atoms with Crippen molar-refractivity contribution >= 4 is 53.5 Å². The molecule has 1 atom stereocenters. The molecule has 0 aliphatic carbocycles. The number of halogens is 3. The van der Waals surface area contributed by atoms with Crippen molar-refractivity contribution in [2.75, 3.05) is 6.54 Å². The number of sulfonamides is 1. The molecule has 0 aliphatic heterocycles. The summed E-state index contributed by atoms with van der Waals surface area (Å²) in [6.07, 6.45) is 0.854. The van der Waals surface area contributed by atoms with E-state index >= 15 is 0 Å². The fraction of sp³-hybridized carbons (Fsp3) is 0.400. The number of benzene rings is 1. The van der Waals surface area contributed by atoms with Gasteiger partial charge in [0.05, 0.1) is 9.92 Å². The Labute approximate surface area is 123 Å². The second kappa shape index (κ2) is 6.52. The molecule has 0 saturated carbocycles. The number of hydrogen-bond acceptors (Lipinski definition) is 2. The number of rotatable bonds is 5. The Balaban J connectivity index is 2.86. The van der Waals surface area contributed by atoms with Crippen LogP contribution in [0.4, 0.5) is 0 Å². The highest BCUT2D eigenvalue weighted by Gasteiger charge is 2.16. The minimum Gasteiger partial charge on any atom is -0.210 e. The van der Waals surface area contributed by atoms with Crippen LogP contribution in [0.5, 0.6) is 0 Å². The van der Waals surface area contributed by atoms with E-state index in [1.807, 2.05) is 6.92 Å². The molecule has 0 radical (unpaired) electrons. The normalized spacial score (nSPS) is 13.6. The summed E-state index contributed by atoms with van der Waals surface area (Å²) in [5, 5.41) is 0.482. The van der Waals surface area contributed by atoms with Gasteiger partial charge >= 0.3 is 0 Å². The van der Waals surface area contributed by atoms with E-state index in [1.54, 1.807) is 6.07 Å². The zero-order chi connectivity index (χ0) is 13.1. The number of alkyl halides is 1. The van der Waals surface area contributed by atoms with Gasteiger partial charge in [-0.1, -0.05) is 34.5 Å². The van der Waals surface area contributed by atoms with Crippen LogP contribution in [0, 0.1) is 0 Å². The smallest absolute Gasteiger partial charge is 0.210 e. The van der Waals surface area contributed by atoms with Crippen molar-refractivity contribution in [1.82, 2.24) is 4.72 Å². The average Bonchev–Trinajstić information content (AvgIpc) is 2.29. The minimum absolute atomic E-state index is 0.132. The molecule has 0 aromatic heterocycles. The van der Waals surface area contributed by atoms with Crippen molar-refractivity contribution in [1.29, 1.82) is 0 Å². The maximum Gasteiger partial charge on any atom is 0.240 e. The minimum atomic E-state index is -3.47. The Bertz CT molecular complexity index is 493. The van der Waals surface area contributed by atoms with Crippen molar-refractivity contribution in [2.24, 2.45) is 0 Å². The van der Waals surface area contributed by atoms with Gasteiger partial charge in [-0.15, -0.1) is 0 Å². The second-order valence-corrected chi connectivity index (χ2v) is 7.76. The quantitative estimate of drug-likeness (QED) is 0.762. The van der Waals surface area contributed by atoms with Crippen LogP contribution >= 0.6 is 43.5 Å². The van der Waals surface area contributed by atoms with Gasteiger partial charge in [-0.3, -0.25) is 0 Å². The lowest BCUT2D eigenvalue weighted by Gasteiger charge is -2.10. The molecule has 1 N–H and O–H groups in total. The second-order valence-electron chi connectivity index (χ2n) is 3.43. The summed E-state index contributed by atoms with van der Waals surface area (Å²) in [6, 6.07) is 4.51. The van der Waals surface area contributed by atoms with Gasteiger partial charge in [0.1, 0.15) is 0 Å². The predicted octanol–water partition coefficient (Wildman–Crippen LogP) is 3.55. The molecule has 0 aliphatic rings. The van der Waals surface area contributed by atoms with Gasteiger partial charge in [-0.25, -0.2) is 13.1 Å². The lowest BCUT2D eigenvalue weighted by molar-refractivity contribution is 0.580. The topological polar surface area (TPSA) is 46.2 Å². The monoisotopic (exact) mass is 403 g/mol. The first-order valence-electron chi connectivity index (χ1n) is 4.95. The molecular formula is C10H12Br2ClNO2S. The summed E-state index contributed by atoms with van der Waals surface area (Å²) < 4.78 is 26.9. The molecule has 0 amide bonds. The lowest BCUT2D eigenvalue weighted by Crippen LogP contribution is -2.29. The molecule has 0 spiro atoms. The molecule has 0 saturated heterocycles. The third kappa shape index (κ3) is 4.52. The van der Waals surface area contributed by atoms with Crippen molar-refractivity contribution in [2.45, 2.75) is 23.1 Å². The van der Waals surface area contributed by atoms with Crippen LogP contribution in [0.25, 0.3) is 0 Å². The molecule has 1 aromatic rings. The Morgan fingerprint density at radius 1 is 1.47 bits per heavy atom. The largest absolute Gasteiger partial charge is 0.240 e.